The number of rotatable bonds is 8. The first-order valence-corrected chi connectivity index (χ1v) is 10.0. The van der Waals surface area contributed by atoms with Crippen LogP contribution in [0.2, 0.25) is 0 Å². The van der Waals surface area contributed by atoms with E-state index < -0.39 is 0 Å². The average molecular weight is 376 g/mol. The van der Waals surface area contributed by atoms with Crippen LogP contribution in [0.1, 0.15) is 37.7 Å². The number of morpholine rings is 1. The van der Waals surface area contributed by atoms with Crippen LogP contribution in [0.15, 0.2) is 24.3 Å². The van der Waals surface area contributed by atoms with Gasteiger partial charge >= 0.3 is 0 Å². The van der Waals surface area contributed by atoms with Crippen LogP contribution in [0.3, 0.4) is 0 Å². The molecule has 27 heavy (non-hydrogen) atoms. The Labute approximate surface area is 162 Å². The highest BCUT2D eigenvalue weighted by Gasteiger charge is 2.38. The number of hydrogen-bond donors (Lipinski definition) is 1. The standard InChI is InChI=1S/C21H32N2O4/c1-25-19-7-5-6-18(14-19)15-27-16-20(24)22-17-21(8-3-2-4-9-21)23-10-12-26-13-11-23/h5-7,14H,2-4,8-13,15-17H2,1H3,(H,22,24). The summed E-state index contributed by atoms with van der Waals surface area (Å²) in [6, 6.07) is 7.71. The first kappa shape index (κ1) is 20.1. The first-order chi connectivity index (χ1) is 13.2. The van der Waals surface area contributed by atoms with Crippen molar-refractivity contribution in [1.82, 2.24) is 10.2 Å². The summed E-state index contributed by atoms with van der Waals surface area (Å²) < 4.78 is 16.3. The van der Waals surface area contributed by atoms with E-state index in [1.165, 1.54) is 19.3 Å². The van der Waals surface area contributed by atoms with E-state index in [9.17, 15) is 4.79 Å². The van der Waals surface area contributed by atoms with E-state index in [2.05, 4.69) is 10.2 Å². The van der Waals surface area contributed by atoms with E-state index >= 15 is 0 Å². The molecule has 2 fully saturated rings. The molecule has 0 spiro atoms. The Balaban J connectivity index is 1.46. The monoisotopic (exact) mass is 376 g/mol. The largest absolute Gasteiger partial charge is 0.497 e. The molecule has 1 aromatic rings. The number of carbonyl (C=O) groups excluding carboxylic acids is 1. The molecule has 0 bridgehead atoms. The number of methoxy groups -OCH3 is 1. The summed E-state index contributed by atoms with van der Waals surface area (Å²) in [5.41, 5.74) is 1.09. The van der Waals surface area contributed by atoms with Crippen molar-refractivity contribution in [3.8, 4) is 5.75 Å². The van der Waals surface area contributed by atoms with Crippen molar-refractivity contribution in [2.24, 2.45) is 0 Å². The van der Waals surface area contributed by atoms with E-state index in [1.54, 1.807) is 7.11 Å². The fourth-order valence-corrected chi connectivity index (χ4v) is 4.19. The van der Waals surface area contributed by atoms with Gasteiger partial charge in [0, 0.05) is 25.2 Å². The number of benzene rings is 1. The van der Waals surface area contributed by atoms with Crippen LogP contribution in [0.25, 0.3) is 0 Å². The molecule has 1 aromatic carbocycles. The van der Waals surface area contributed by atoms with Gasteiger partial charge in [0.1, 0.15) is 12.4 Å². The molecule has 150 valence electrons. The van der Waals surface area contributed by atoms with Gasteiger partial charge in [0.05, 0.1) is 26.9 Å². The third kappa shape index (κ3) is 5.67. The highest BCUT2D eigenvalue weighted by molar-refractivity contribution is 5.77. The zero-order chi connectivity index (χ0) is 19.0. The van der Waals surface area contributed by atoms with Crippen LogP contribution in [0, 0.1) is 0 Å². The highest BCUT2D eigenvalue weighted by Crippen LogP contribution is 2.33. The lowest BCUT2D eigenvalue weighted by atomic mass is 9.79. The lowest BCUT2D eigenvalue weighted by molar-refractivity contribution is -0.127. The Bertz CT molecular complexity index is 596. The van der Waals surface area contributed by atoms with Crippen LogP contribution >= 0.6 is 0 Å². The molecule has 1 N–H and O–H groups in total. The van der Waals surface area contributed by atoms with Gasteiger partial charge in [-0.2, -0.15) is 0 Å². The lowest BCUT2D eigenvalue weighted by Gasteiger charge is -2.48. The van der Waals surface area contributed by atoms with E-state index in [0.29, 0.717) is 13.2 Å². The van der Waals surface area contributed by atoms with E-state index in [0.717, 1.165) is 50.5 Å². The average Bonchev–Trinajstić information content (AvgIpc) is 2.74. The second-order valence-electron chi connectivity index (χ2n) is 7.51. The van der Waals surface area contributed by atoms with Crippen molar-refractivity contribution >= 4 is 5.91 Å². The van der Waals surface area contributed by atoms with Crippen molar-refractivity contribution in [1.29, 1.82) is 0 Å². The summed E-state index contributed by atoms with van der Waals surface area (Å²) in [5, 5.41) is 3.13. The molecule has 1 amide bonds. The summed E-state index contributed by atoms with van der Waals surface area (Å²) in [5.74, 6) is 0.751. The van der Waals surface area contributed by atoms with Crippen LogP contribution in [-0.4, -0.2) is 62.9 Å². The summed E-state index contributed by atoms with van der Waals surface area (Å²) in [4.78, 5) is 14.9. The van der Waals surface area contributed by atoms with Gasteiger partial charge in [-0.25, -0.2) is 0 Å². The minimum Gasteiger partial charge on any atom is -0.497 e. The number of amides is 1. The quantitative estimate of drug-likeness (QED) is 0.755. The molecule has 1 saturated carbocycles. The molecule has 0 aromatic heterocycles. The number of carbonyl (C=O) groups is 1. The summed E-state index contributed by atoms with van der Waals surface area (Å²) >= 11 is 0. The van der Waals surface area contributed by atoms with Gasteiger partial charge < -0.3 is 19.5 Å². The molecule has 3 rings (SSSR count). The molecule has 0 radical (unpaired) electrons. The molecule has 2 aliphatic rings. The summed E-state index contributed by atoms with van der Waals surface area (Å²) in [6.07, 6.45) is 6.07. The second kappa shape index (κ2) is 10.1. The zero-order valence-electron chi connectivity index (χ0n) is 16.4. The predicted molar refractivity (Wildman–Crippen MR) is 104 cm³/mol. The van der Waals surface area contributed by atoms with Gasteiger partial charge in [0.25, 0.3) is 0 Å². The van der Waals surface area contributed by atoms with Crippen LogP contribution in [0.5, 0.6) is 5.75 Å². The van der Waals surface area contributed by atoms with Crippen LogP contribution in [0.4, 0.5) is 0 Å². The Morgan fingerprint density at radius 2 is 2.00 bits per heavy atom. The fourth-order valence-electron chi connectivity index (χ4n) is 4.19. The predicted octanol–water partition coefficient (Wildman–Crippen LogP) is 2.36. The first-order valence-electron chi connectivity index (χ1n) is 10.0. The number of ether oxygens (including phenoxy) is 3. The molecule has 6 nitrogen and oxygen atoms in total. The molecule has 1 heterocycles. The SMILES string of the molecule is COc1cccc(COCC(=O)NCC2(N3CCOCC3)CCCCC2)c1. The van der Waals surface area contributed by atoms with E-state index in [4.69, 9.17) is 14.2 Å². The number of hydrogen-bond acceptors (Lipinski definition) is 5. The molecule has 1 saturated heterocycles. The van der Waals surface area contributed by atoms with E-state index in [-0.39, 0.29) is 18.1 Å². The normalized spacial score (nSPS) is 20.2. The maximum Gasteiger partial charge on any atom is 0.246 e. The van der Waals surface area contributed by atoms with Gasteiger partial charge in [0.2, 0.25) is 5.91 Å². The maximum atomic E-state index is 12.3. The van der Waals surface area contributed by atoms with Gasteiger partial charge in [0.15, 0.2) is 0 Å². The maximum absolute atomic E-state index is 12.3. The molecule has 1 aliphatic carbocycles. The number of nitrogens with one attached hydrogen (secondary N) is 1. The fraction of sp³-hybridized carbons (Fsp3) is 0.667. The Morgan fingerprint density at radius 3 is 2.74 bits per heavy atom. The Hall–Kier alpha value is -1.63. The number of nitrogens with zero attached hydrogens (tertiary/aromatic N) is 1. The lowest BCUT2D eigenvalue weighted by Crippen LogP contribution is -2.59. The van der Waals surface area contributed by atoms with Gasteiger partial charge in [-0.3, -0.25) is 9.69 Å². The van der Waals surface area contributed by atoms with Crippen molar-refractivity contribution in [3.63, 3.8) is 0 Å². The van der Waals surface area contributed by atoms with Gasteiger partial charge in [-0.15, -0.1) is 0 Å². The summed E-state index contributed by atoms with van der Waals surface area (Å²) in [6.45, 7) is 4.69. The Kier molecular flexibility index (Phi) is 7.50. The van der Waals surface area contributed by atoms with Crippen molar-refractivity contribution in [2.75, 3.05) is 46.6 Å². The molecular formula is C21H32N2O4. The third-order valence-corrected chi connectivity index (χ3v) is 5.72. The van der Waals surface area contributed by atoms with Gasteiger partial charge in [-0.1, -0.05) is 31.4 Å². The smallest absolute Gasteiger partial charge is 0.246 e. The minimum absolute atomic E-state index is 0.0453. The van der Waals surface area contributed by atoms with E-state index in [1.807, 2.05) is 24.3 Å². The zero-order valence-corrected chi connectivity index (χ0v) is 16.4. The molecule has 0 unspecified atom stereocenters. The minimum atomic E-state index is -0.0453. The van der Waals surface area contributed by atoms with Crippen LogP contribution < -0.4 is 10.1 Å². The molecule has 0 atom stereocenters. The molecular weight excluding hydrogens is 344 g/mol. The van der Waals surface area contributed by atoms with Crippen LogP contribution in [-0.2, 0) is 20.9 Å². The second-order valence-corrected chi connectivity index (χ2v) is 7.51. The van der Waals surface area contributed by atoms with Crippen molar-refractivity contribution in [3.05, 3.63) is 29.8 Å². The third-order valence-electron chi connectivity index (χ3n) is 5.72. The van der Waals surface area contributed by atoms with Crippen molar-refractivity contribution in [2.45, 2.75) is 44.2 Å². The summed E-state index contributed by atoms with van der Waals surface area (Å²) in [7, 11) is 1.64. The topological polar surface area (TPSA) is 60.0 Å². The van der Waals surface area contributed by atoms with Crippen molar-refractivity contribution < 1.29 is 19.0 Å². The molecule has 6 heteroatoms. The highest BCUT2D eigenvalue weighted by atomic mass is 16.5. The Morgan fingerprint density at radius 1 is 1.22 bits per heavy atom. The molecule has 1 aliphatic heterocycles. The van der Waals surface area contributed by atoms with Gasteiger partial charge in [-0.05, 0) is 30.5 Å².